The van der Waals surface area contributed by atoms with Gasteiger partial charge in [0, 0.05) is 19.2 Å². The second-order valence-corrected chi connectivity index (χ2v) is 6.21. The fourth-order valence-electron chi connectivity index (χ4n) is 3.33. The van der Waals surface area contributed by atoms with Crippen LogP contribution >= 0.6 is 0 Å². The number of likely N-dealkylation sites (tertiary alicyclic amines) is 1. The predicted molar refractivity (Wildman–Crippen MR) is 77.4 cm³/mol. The summed E-state index contributed by atoms with van der Waals surface area (Å²) in [5.41, 5.74) is 0.178. The number of carbonyl (C=O) groups excluding carboxylic acids is 1. The van der Waals surface area contributed by atoms with E-state index < -0.39 is 11.9 Å². The molecule has 120 valence electrons. The van der Waals surface area contributed by atoms with Crippen LogP contribution in [-0.4, -0.2) is 40.1 Å². The third kappa shape index (κ3) is 2.52. The van der Waals surface area contributed by atoms with Crippen LogP contribution in [0.5, 0.6) is 0 Å². The van der Waals surface area contributed by atoms with Crippen molar-refractivity contribution in [2.75, 3.05) is 13.1 Å². The molecule has 2 aromatic rings. The second kappa shape index (κ2) is 5.26. The summed E-state index contributed by atoms with van der Waals surface area (Å²) in [5.74, 6) is -0.237. The molecular formula is C16H16N2O5. The van der Waals surface area contributed by atoms with Crippen molar-refractivity contribution in [3.63, 3.8) is 0 Å². The molecule has 1 amide bonds. The van der Waals surface area contributed by atoms with E-state index in [1.807, 2.05) is 0 Å². The maximum atomic E-state index is 12.6. The number of hydrogen-bond acceptors (Lipinski definition) is 5. The van der Waals surface area contributed by atoms with Crippen LogP contribution < -0.4 is 0 Å². The first-order chi connectivity index (χ1) is 11.1. The van der Waals surface area contributed by atoms with E-state index in [1.54, 1.807) is 17.0 Å². The van der Waals surface area contributed by atoms with Crippen LogP contribution in [0, 0.1) is 17.8 Å². The molecule has 2 aliphatic rings. The third-order valence-corrected chi connectivity index (χ3v) is 4.69. The fraction of sp³-hybridized carbons (Fsp3) is 0.438. The molecule has 7 nitrogen and oxygen atoms in total. The smallest absolute Gasteiger partial charge is 0.308 e. The van der Waals surface area contributed by atoms with Gasteiger partial charge in [-0.2, -0.15) is 0 Å². The van der Waals surface area contributed by atoms with E-state index in [4.69, 9.17) is 8.94 Å². The summed E-state index contributed by atoms with van der Waals surface area (Å²) in [6, 6.07) is 4.97. The Morgan fingerprint density at radius 3 is 2.74 bits per heavy atom. The van der Waals surface area contributed by atoms with Crippen molar-refractivity contribution in [1.82, 2.24) is 10.1 Å². The summed E-state index contributed by atoms with van der Waals surface area (Å²) < 4.78 is 10.4. The molecule has 0 unspecified atom stereocenters. The third-order valence-electron chi connectivity index (χ3n) is 4.69. The van der Waals surface area contributed by atoms with Crippen molar-refractivity contribution in [2.24, 2.45) is 17.8 Å². The lowest BCUT2D eigenvalue weighted by molar-refractivity contribution is -0.142. The maximum absolute atomic E-state index is 12.6. The Kier molecular flexibility index (Phi) is 3.21. The largest absolute Gasteiger partial charge is 0.481 e. The molecule has 0 spiro atoms. The van der Waals surface area contributed by atoms with Gasteiger partial charge in [0.05, 0.1) is 12.2 Å². The van der Waals surface area contributed by atoms with Gasteiger partial charge in [0.15, 0.2) is 11.5 Å². The van der Waals surface area contributed by atoms with Crippen LogP contribution in [0.4, 0.5) is 0 Å². The van der Waals surface area contributed by atoms with E-state index in [0.717, 1.165) is 12.8 Å². The summed E-state index contributed by atoms with van der Waals surface area (Å²) in [5, 5.41) is 13.2. The molecule has 23 heavy (non-hydrogen) atoms. The highest BCUT2D eigenvalue weighted by atomic mass is 16.5. The zero-order valence-corrected chi connectivity index (χ0v) is 12.3. The standard InChI is InChI=1S/C16H16N2O5/c19-15(12-6-14(23-17-12)13-2-1-5-22-13)18-7-10(9-3-4-9)11(8-18)16(20)21/h1-2,5-6,9-11H,3-4,7-8H2,(H,20,21)/t10-,11+/m1/s1. The first-order valence-corrected chi connectivity index (χ1v) is 7.66. The van der Waals surface area contributed by atoms with Gasteiger partial charge in [-0.3, -0.25) is 9.59 Å². The fourth-order valence-corrected chi connectivity index (χ4v) is 3.33. The SMILES string of the molecule is O=C(O)[C@H]1CN(C(=O)c2cc(-c3ccco3)on2)C[C@@H]1C1CC1. The van der Waals surface area contributed by atoms with Gasteiger partial charge in [0.2, 0.25) is 5.76 Å². The topological polar surface area (TPSA) is 96.8 Å². The Bertz CT molecular complexity index is 731. The van der Waals surface area contributed by atoms with Gasteiger partial charge < -0.3 is 18.9 Å². The molecule has 1 aliphatic carbocycles. The van der Waals surface area contributed by atoms with Crippen molar-refractivity contribution in [3.8, 4) is 11.5 Å². The minimum absolute atomic E-state index is 0.0490. The van der Waals surface area contributed by atoms with Gasteiger partial charge in [-0.15, -0.1) is 0 Å². The number of amides is 1. The Morgan fingerprint density at radius 1 is 1.26 bits per heavy atom. The second-order valence-electron chi connectivity index (χ2n) is 6.21. The highest BCUT2D eigenvalue weighted by Crippen LogP contribution is 2.44. The van der Waals surface area contributed by atoms with Gasteiger partial charge >= 0.3 is 5.97 Å². The summed E-state index contributed by atoms with van der Waals surface area (Å²) in [7, 11) is 0. The molecular weight excluding hydrogens is 300 g/mol. The molecule has 3 heterocycles. The number of furan rings is 1. The Hall–Kier alpha value is -2.57. The van der Waals surface area contributed by atoms with Crippen molar-refractivity contribution < 1.29 is 23.6 Å². The number of aliphatic carboxylic acids is 1. The van der Waals surface area contributed by atoms with E-state index in [1.165, 1.54) is 12.3 Å². The number of carboxylic acid groups (broad SMARTS) is 1. The minimum Gasteiger partial charge on any atom is -0.481 e. The molecule has 1 aliphatic heterocycles. The highest BCUT2D eigenvalue weighted by Gasteiger charge is 2.47. The first kappa shape index (κ1) is 14.0. The van der Waals surface area contributed by atoms with E-state index >= 15 is 0 Å². The number of rotatable bonds is 4. The van der Waals surface area contributed by atoms with E-state index in [2.05, 4.69) is 5.16 Å². The van der Waals surface area contributed by atoms with E-state index in [9.17, 15) is 14.7 Å². The molecule has 0 bridgehead atoms. The Morgan fingerprint density at radius 2 is 2.09 bits per heavy atom. The number of aromatic nitrogens is 1. The minimum atomic E-state index is -0.825. The lowest BCUT2D eigenvalue weighted by atomic mass is 9.92. The molecule has 2 atom stereocenters. The lowest BCUT2D eigenvalue weighted by Crippen LogP contribution is -2.30. The number of carbonyl (C=O) groups is 2. The van der Waals surface area contributed by atoms with Crippen LogP contribution in [0.25, 0.3) is 11.5 Å². The zero-order chi connectivity index (χ0) is 16.0. The zero-order valence-electron chi connectivity index (χ0n) is 12.3. The van der Waals surface area contributed by atoms with Gasteiger partial charge in [-0.05, 0) is 36.8 Å². The summed E-state index contributed by atoms with van der Waals surface area (Å²) in [6.45, 7) is 0.710. The molecule has 1 saturated heterocycles. The van der Waals surface area contributed by atoms with Crippen LogP contribution in [0.2, 0.25) is 0 Å². The molecule has 4 rings (SSSR count). The quantitative estimate of drug-likeness (QED) is 0.928. The van der Waals surface area contributed by atoms with Crippen LogP contribution in [0.15, 0.2) is 33.4 Å². The van der Waals surface area contributed by atoms with Crippen molar-refractivity contribution in [1.29, 1.82) is 0 Å². The summed E-state index contributed by atoms with van der Waals surface area (Å²) >= 11 is 0. The van der Waals surface area contributed by atoms with Crippen molar-refractivity contribution in [2.45, 2.75) is 12.8 Å². The van der Waals surface area contributed by atoms with Gasteiger partial charge in [0.25, 0.3) is 5.91 Å². The highest BCUT2D eigenvalue weighted by molar-refractivity contribution is 5.93. The van der Waals surface area contributed by atoms with E-state index in [0.29, 0.717) is 24.0 Å². The summed E-state index contributed by atoms with van der Waals surface area (Å²) in [6.07, 6.45) is 3.63. The molecule has 7 heteroatoms. The Balaban J connectivity index is 1.52. The average Bonchev–Trinajstić information content (AvgIpc) is 3.03. The van der Waals surface area contributed by atoms with Crippen molar-refractivity contribution in [3.05, 3.63) is 30.2 Å². The molecule has 1 N–H and O–H groups in total. The van der Waals surface area contributed by atoms with Gasteiger partial charge in [-0.25, -0.2) is 0 Å². The Labute approximate surface area is 131 Å². The molecule has 1 saturated carbocycles. The number of hydrogen-bond donors (Lipinski definition) is 1. The normalized spacial score (nSPS) is 24.1. The lowest BCUT2D eigenvalue weighted by Gasteiger charge is -2.14. The molecule has 2 aromatic heterocycles. The maximum Gasteiger partial charge on any atom is 0.308 e. The molecule has 0 aromatic carbocycles. The van der Waals surface area contributed by atoms with Crippen LogP contribution in [0.1, 0.15) is 23.3 Å². The summed E-state index contributed by atoms with van der Waals surface area (Å²) in [4.78, 5) is 25.6. The predicted octanol–water partition coefficient (Wildman–Crippen LogP) is 2.12. The molecule has 0 radical (unpaired) electrons. The number of nitrogens with zero attached hydrogens (tertiary/aromatic N) is 2. The number of carboxylic acids is 1. The van der Waals surface area contributed by atoms with Crippen LogP contribution in [-0.2, 0) is 4.79 Å². The average molecular weight is 316 g/mol. The van der Waals surface area contributed by atoms with Crippen LogP contribution in [0.3, 0.4) is 0 Å². The first-order valence-electron chi connectivity index (χ1n) is 7.66. The molecule has 2 fully saturated rings. The monoisotopic (exact) mass is 316 g/mol. The van der Waals surface area contributed by atoms with Gasteiger partial charge in [0.1, 0.15) is 0 Å². The van der Waals surface area contributed by atoms with E-state index in [-0.39, 0.29) is 24.1 Å². The van der Waals surface area contributed by atoms with Crippen molar-refractivity contribution >= 4 is 11.9 Å². The van der Waals surface area contributed by atoms with Gasteiger partial charge in [-0.1, -0.05) is 5.16 Å².